The number of benzene rings is 1. The summed E-state index contributed by atoms with van der Waals surface area (Å²) in [5.41, 5.74) is 1.33. The van der Waals surface area contributed by atoms with Crippen LogP contribution in [0.2, 0.25) is 0 Å². The largest absolute Gasteiger partial charge is 0.491 e. The Balaban J connectivity index is 2.83. The van der Waals surface area contributed by atoms with Crippen molar-refractivity contribution in [1.29, 1.82) is 0 Å². The zero-order valence-electron chi connectivity index (χ0n) is 14.6. The van der Waals surface area contributed by atoms with Gasteiger partial charge in [-0.2, -0.15) is 0 Å². The number of esters is 1. The second-order valence-electron chi connectivity index (χ2n) is 5.88. The van der Waals surface area contributed by atoms with E-state index in [1.165, 1.54) is 6.92 Å². The molecule has 0 heterocycles. The fourth-order valence-corrected chi connectivity index (χ4v) is 2.21. The van der Waals surface area contributed by atoms with Crippen LogP contribution >= 0.6 is 0 Å². The minimum atomic E-state index is -0.524. The molecule has 132 valence electrons. The Morgan fingerprint density at radius 1 is 1.29 bits per heavy atom. The van der Waals surface area contributed by atoms with Gasteiger partial charge in [-0.05, 0) is 35.6 Å². The van der Waals surface area contributed by atoms with Crippen LogP contribution in [-0.4, -0.2) is 30.1 Å². The van der Waals surface area contributed by atoms with Crippen LogP contribution in [0, 0.1) is 5.92 Å². The third-order valence-corrected chi connectivity index (χ3v) is 3.59. The summed E-state index contributed by atoms with van der Waals surface area (Å²) in [5, 5.41) is 8.83. The minimum absolute atomic E-state index is 0.0187. The number of carbonyl (C=O) groups is 2. The molecule has 0 aliphatic carbocycles. The number of aliphatic hydroxyl groups is 1. The highest BCUT2D eigenvalue weighted by Gasteiger charge is 2.19. The number of ether oxygens (including phenoxy) is 2. The molecule has 0 amide bonds. The number of aliphatic hydroxyl groups excluding tert-OH is 1. The van der Waals surface area contributed by atoms with Gasteiger partial charge in [0.05, 0.1) is 6.61 Å². The van der Waals surface area contributed by atoms with Crippen molar-refractivity contribution in [3.05, 3.63) is 42.0 Å². The van der Waals surface area contributed by atoms with Crippen LogP contribution in [0.1, 0.15) is 45.3 Å². The van der Waals surface area contributed by atoms with Crippen LogP contribution < -0.4 is 4.74 Å². The topological polar surface area (TPSA) is 72.8 Å². The zero-order valence-corrected chi connectivity index (χ0v) is 14.6. The first-order valence-electron chi connectivity index (χ1n) is 8.08. The molecule has 0 aliphatic rings. The van der Waals surface area contributed by atoms with E-state index in [9.17, 15) is 9.59 Å². The molecule has 1 N–H and O–H groups in total. The van der Waals surface area contributed by atoms with Crippen molar-refractivity contribution in [2.24, 2.45) is 5.92 Å². The molecule has 1 atom stereocenters. The summed E-state index contributed by atoms with van der Waals surface area (Å²) in [6.07, 6.45) is 0.119. The molecule has 0 aromatic heterocycles. The Kier molecular flexibility index (Phi) is 8.19. The van der Waals surface area contributed by atoms with Crippen LogP contribution in [0.15, 0.2) is 36.4 Å². The van der Waals surface area contributed by atoms with Gasteiger partial charge in [-0.3, -0.25) is 9.59 Å². The zero-order chi connectivity index (χ0) is 18.1. The number of ketones is 1. The Bertz CT molecular complexity index is 577. The van der Waals surface area contributed by atoms with Crippen LogP contribution in [0.25, 0.3) is 0 Å². The SMILES string of the molecule is C=C(C(=O)CC[C@@H](OC(C)=O)c1cccc(OCCO)c1)C(C)C. The van der Waals surface area contributed by atoms with Gasteiger partial charge in [0.15, 0.2) is 5.78 Å². The molecule has 5 heteroatoms. The van der Waals surface area contributed by atoms with Crippen molar-refractivity contribution in [3.63, 3.8) is 0 Å². The number of rotatable bonds is 10. The summed E-state index contributed by atoms with van der Waals surface area (Å²) in [5.74, 6) is 0.253. The van der Waals surface area contributed by atoms with Gasteiger partial charge in [-0.25, -0.2) is 0 Å². The smallest absolute Gasteiger partial charge is 0.303 e. The van der Waals surface area contributed by atoms with Crippen molar-refractivity contribution >= 4 is 11.8 Å². The first-order valence-corrected chi connectivity index (χ1v) is 8.08. The second kappa shape index (κ2) is 9.88. The fourth-order valence-electron chi connectivity index (χ4n) is 2.21. The van der Waals surface area contributed by atoms with Crippen molar-refractivity contribution in [1.82, 2.24) is 0 Å². The molecule has 0 bridgehead atoms. The molecule has 5 nitrogen and oxygen atoms in total. The van der Waals surface area contributed by atoms with Crippen LogP contribution in [0.4, 0.5) is 0 Å². The highest BCUT2D eigenvalue weighted by molar-refractivity contribution is 5.95. The standard InChI is InChI=1S/C19H26O5/c1-13(2)14(3)18(22)8-9-19(24-15(4)21)16-6-5-7-17(12-16)23-11-10-20/h5-7,12-13,19-20H,3,8-11H2,1-2,4H3/t19-/m1/s1. The van der Waals surface area contributed by atoms with E-state index >= 15 is 0 Å². The maximum atomic E-state index is 12.1. The van der Waals surface area contributed by atoms with Gasteiger partial charge in [0.25, 0.3) is 0 Å². The van der Waals surface area contributed by atoms with E-state index < -0.39 is 12.1 Å². The number of carbonyl (C=O) groups excluding carboxylic acids is 2. The first-order chi connectivity index (χ1) is 11.3. The molecule has 0 fully saturated rings. The third-order valence-electron chi connectivity index (χ3n) is 3.59. The van der Waals surface area contributed by atoms with E-state index in [4.69, 9.17) is 14.6 Å². The van der Waals surface area contributed by atoms with Gasteiger partial charge in [0.2, 0.25) is 0 Å². The van der Waals surface area contributed by atoms with E-state index in [1.807, 2.05) is 19.9 Å². The Morgan fingerprint density at radius 3 is 2.58 bits per heavy atom. The lowest BCUT2D eigenvalue weighted by Crippen LogP contribution is -2.13. The average molecular weight is 334 g/mol. The van der Waals surface area contributed by atoms with E-state index in [0.717, 1.165) is 5.56 Å². The van der Waals surface area contributed by atoms with Gasteiger partial charge in [0.1, 0.15) is 18.5 Å². The van der Waals surface area contributed by atoms with E-state index in [-0.39, 0.29) is 31.3 Å². The van der Waals surface area contributed by atoms with Gasteiger partial charge >= 0.3 is 5.97 Å². The summed E-state index contributed by atoms with van der Waals surface area (Å²) < 4.78 is 10.7. The first kappa shape index (κ1) is 19.9. The highest BCUT2D eigenvalue weighted by atomic mass is 16.5. The Labute approximate surface area is 143 Å². The van der Waals surface area contributed by atoms with Gasteiger partial charge in [0, 0.05) is 13.3 Å². The minimum Gasteiger partial charge on any atom is -0.491 e. The molecule has 0 spiro atoms. The molecular formula is C19H26O5. The van der Waals surface area contributed by atoms with E-state index in [2.05, 4.69) is 6.58 Å². The maximum Gasteiger partial charge on any atom is 0.303 e. The lowest BCUT2D eigenvalue weighted by atomic mass is 9.95. The average Bonchev–Trinajstić information content (AvgIpc) is 2.55. The lowest BCUT2D eigenvalue weighted by molar-refractivity contribution is -0.147. The number of hydrogen-bond donors (Lipinski definition) is 1. The normalized spacial score (nSPS) is 11.9. The van der Waals surface area contributed by atoms with E-state index in [1.54, 1.807) is 18.2 Å². The van der Waals surface area contributed by atoms with Gasteiger partial charge < -0.3 is 14.6 Å². The van der Waals surface area contributed by atoms with Crippen molar-refractivity contribution in [2.75, 3.05) is 13.2 Å². The Hall–Kier alpha value is -2.14. The summed E-state index contributed by atoms with van der Waals surface area (Å²) in [7, 11) is 0. The van der Waals surface area contributed by atoms with Crippen LogP contribution in [0.3, 0.4) is 0 Å². The molecule has 0 radical (unpaired) electrons. The van der Waals surface area contributed by atoms with E-state index in [0.29, 0.717) is 17.7 Å². The van der Waals surface area contributed by atoms with Gasteiger partial charge in [-0.1, -0.05) is 32.6 Å². The van der Waals surface area contributed by atoms with Crippen LogP contribution in [-0.2, 0) is 14.3 Å². The molecule has 0 unspecified atom stereocenters. The molecule has 0 saturated heterocycles. The maximum absolute atomic E-state index is 12.1. The number of Topliss-reactive ketones (excluding diaryl/α,β-unsaturated/α-hetero) is 1. The second-order valence-corrected chi connectivity index (χ2v) is 5.88. The van der Waals surface area contributed by atoms with Crippen molar-refractivity contribution in [3.8, 4) is 5.75 Å². The molecule has 0 aliphatic heterocycles. The molecule has 1 aromatic carbocycles. The summed E-state index contributed by atoms with van der Waals surface area (Å²) in [6, 6.07) is 7.12. The predicted octanol–water partition coefficient (Wildman–Crippen LogP) is 3.22. The van der Waals surface area contributed by atoms with Crippen LogP contribution in [0.5, 0.6) is 5.75 Å². The summed E-state index contributed by atoms with van der Waals surface area (Å²) in [4.78, 5) is 23.5. The molecule has 0 saturated carbocycles. The fraction of sp³-hybridized carbons (Fsp3) is 0.474. The summed E-state index contributed by atoms with van der Waals surface area (Å²) >= 11 is 0. The molecule has 1 aromatic rings. The quantitative estimate of drug-likeness (QED) is 0.525. The monoisotopic (exact) mass is 334 g/mol. The molecule has 24 heavy (non-hydrogen) atoms. The molecular weight excluding hydrogens is 308 g/mol. The predicted molar refractivity (Wildman–Crippen MR) is 91.7 cm³/mol. The van der Waals surface area contributed by atoms with Crippen molar-refractivity contribution in [2.45, 2.75) is 39.7 Å². The number of allylic oxidation sites excluding steroid dienone is 1. The highest BCUT2D eigenvalue weighted by Crippen LogP contribution is 2.27. The van der Waals surface area contributed by atoms with Gasteiger partial charge in [-0.15, -0.1) is 0 Å². The molecule has 1 rings (SSSR count). The third kappa shape index (κ3) is 6.54. The lowest BCUT2D eigenvalue weighted by Gasteiger charge is -2.18. The van der Waals surface area contributed by atoms with Crippen molar-refractivity contribution < 1.29 is 24.2 Å². The Morgan fingerprint density at radius 2 is 2.00 bits per heavy atom. The number of hydrogen-bond acceptors (Lipinski definition) is 5. The summed E-state index contributed by atoms with van der Waals surface area (Å²) in [6.45, 7) is 9.11.